The molecule has 2 unspecified atom stereocenters. The smallest absolute Gasteiger partial charge is 0.270 e. The summed E-state index contributed by atoms with van der Waals surface area (Å²) in [4.78, 5) is 16.5. The van der Waals surface area contributed by atoms with Crippen molar-refractivity contribution < 1.29 is 9.90 Å². The molecule has 2 atom stereocenters. The van der Waals surface area contributed by atoms with E-state index in [1.807, 2.05) is 30.3 Å². The first-order chi connectivity index (χ1) is 9.74. The van der Waals surface area contributed by atoms with Crippen molar-refractivity contribution in [3.8, 4) is 0 Å². The zero-order valence-electron chi connectivity index (χ0n) is 11.2. The molecule has 0 saturated heterocycles. The van der Waals surface area contributed by atoms with Gasteiger partial charge in [-0.2, -0.15) is 0 Å². The van der Waals surface area contributed by atoms with E-state index in [0.717, 1.165) is 30.0 Å². The minimum absolute atomic E-state index is 0.136. The number of aliphatic hydroxyl groups excluding tert-OH is 1. The lowest BCUT2D eigenvalue weighted by molar-refractivity contribution is 0.0942. The number of carbonyl (C=O) groups excluding carboxylic acids is 1. The van der Waals surface area contributed by atoms with E-state index >= 15 is 0 Å². The van der Waals surface area contributed by atoms with Crippen molar-refractivity contribution in [1.29, 1.82) is 0 Å². The molecule has 4 nitrogen and oxygen atoms in total. The molecule has 1 saturated carbocycles. The van der Waals surface area contributed by atoms with Gasteiger partial charge in [-0.25, -0.2) is 0 Å². The minimum atomic E-state index is -0.201. The molecular weight excluding hydrogens is 252 g/mol. The van der Waals surface area contributed by atoms with Gasteiger partial charge in [0.1, 0.15) is 5.69 Å². The Labute approximate surface area is 117 Å². The summed E-state index contributed by atoms with van der Waals surface area (Å²) in [7, 11) is 0. The number of fused-ring (bicyclic) bond motifs is 1. The van der Waals surface area contributed by atoms with Crippen molar-refractivity contribution in [2.75, 3.05) is 6.54 Å². The van der Waals surface area contributed by atoms with Gasteiger partial charge in [-0.1, -0.05) is 24.3 Å². The van der Waals surface area contributed by atoms with Crippen molar-refractivity contribution in [3.63, 3.8) is 0 Å². The molecule has 20 heavy (non-hydrogen) atoms. The number of nitrogens with zero attached hydrogens (tertiary/aromatic N) is 1. The highest BCUT2D eigenvalue weighted by Crippen LogP contribution is 2.24. The monoisotopic (exact) mass is 270 g/mol. The van der Waals surface area contributed by atoms with Crippen LogP contribution in [0.3, 0.4) is 0 Å². The normalized spacial score (nSPS) is 22.1. The Morgan fingerprint density at radius 1 is 1.30 bits per heavy atom. The molecule has 1 amide bonds. The van der Waals surface area contributed by atoms with Gasteiger partial charge in [0.05, 0.1) is 6.10 Å². The first kappa shape index (κ1) is 13.1. The van der Waals surface area contributed by atoms with Crippen LogP contribution < -0.4 is 5.32 Å². The number of aromatic nitrogens is 1. The molecule has 1 fully saturated rings. The molecule has 3 rings (SSSR count). The summed E-state index contributed by atoms with van der Waals surface area (Å²) < 4.78 is 0. The van der Waals surface area contributed by atoms with Crippen molar-refractivity contribution >= 4 is 16.7 Å². The van der Waals surface area contributed by atoms with Gasteiger partial charge in [0.25, 0.3) is 5.91 Å². The van der Waals surface area contributed by atoms with Crippen LogP contribution in [-0.2, 0) is 0 Å². The van der Waals surface area contributed by atoms with Gasteiger partial charge >= 0.3 is 0 Å². The number of aliphatic hydroxyl groups is 1. The van der Waals surface area contributed by atoms with Crippen molar-refractivity contribution in [3.05, 3.63) is 42.2 Å². The predicted octanol–water partition coefficient (Wildman–Crippen LogP) is 2.13. The SMILES string of the molecule is O=C(NCC1CCC(O)C1)c1nccc2ccccc12. The molecule has 2 N–H and O–H groups in total. The van der Waals surface area contributed by atoms with E-state index in [2.05, 4.69) is 10.3 Å². The number of rotatable bonds is 3. The van der Waals surface area contributed by atoms with Crippen molar-refractivity contribution in [2.45, 2.75) is 25.4 Å². The lowest BCUT2D eigenvalue weighted by Gasteiger charge is -2.11. The number of hydrogen-bond donors (Lipinski definition) is 2. The highest BCUT2D eigenvalue weighted by atomic mass is 16.3. The van der Waals surface area contributed by atoms with Crippen LogP contribution in [0.15, 0.2) is 36.5 Å². The average molecular weight is 270 g/mol. The molecule has 0 bridgehead atoms. The van der Waals surface area contributed by atoms with E-state index in [0.29, 0.717) is 18.2 Å². The van der Waals surface area contributed by atoms with Crippen LogP contribution in [0.25, 0.3) is 10.8 Å². The van der Waals surface area contributed by atoms with Crippen LogP contribution >= 0.6 is 0 Å². The van der Waals surface area contributed by atoms with Crippen LogP contribution in [0, 0.1) is 5.92 Å². The van der Waals surface area contributed by atoms with Crippen LogP contribution in [0.1, 0.15) is 29.8 Å². The Balaban J connectivity index is 1.72. The number of carbonyl (C=O) groups is 1. The summed E-state index contributed by atoms with van der Waals surface area (Å²) in [6, 6.07) is 9.65. The third-order valence-corrected chi connectivity index (χ3v) is 3.95. The Hall–Kier alpha value is -1.94. The molecule has 4 heteroatoms. The first-order valence-corrected chi connectivity index (χ1v) is 7.04. The molecule has 0 radical (unpaired) electrons. The molecule has 0 aliphatic heterocycles. The van der Waals surface area contributed by atoms with Crippen molar-refractivity contribution in [1.82, 2.24) is 10.3 Å². The van der Waals surface area contributed by atoms with Gasteiger partial charge in [-0.05, 0) is 36.6 Å². The maximum Gasteiger partial charge on any atom is 0.270 e. The fourth-order valence-corrected chi connectivity index (χ4v) is 2.86. The van der Waals surface area contributed by atoms with Gasteiger partial charge in [-0.3, -0.25) is 9.78 Å². The highest BCUT2D eigenvalue weighted by Gasteiger charge is 2.23. The Bertz CT molecular complexity index is 621. The zero-order valence-corrected chi connectivity index (χ0v) is 11.2. The fourth-order valence-electron chi connectivity index (χ4n) is 2.86. The molecule has 1 aromatic heterocycles. The summed E-state index contributed by atoms with van der Waals surface area (Å²) in [6.45, 7) is 0.612. The van der Waals surface area contributed by atoms with E-state index in [1.54, 1.807) is 6.20 Å². The third kappa shape index (κ3) is 2.65. The molecule has 2 aromatic rings. The van der Waals surface area contributed by atoms with E-state index in [4.69, 9.17) is 0 Å². The summed E-state index contributed by atoms with van der Waals surface area (Å²) in [5.41, 5.74) is 0.474. The molecular formula is C16H18N2O2. The highest BCUT2D eigenvalue weighted by molar-refractivity contribution is 6.05. The van der Waals surface area contributed by atoms with Crippen LogP contribution in [-0.4, -0.2) is 28.6 Å². The Morgan fingerprint density at radius 2 is 2.15 bits per heavy atom. The second-order valence-electron chi connectivity index (χ2n) is 5.42. The van der Waals surface area contributed by atoms with E-state index in [9.17, 15) is 9.90 Å². The third-order valence-electron chi connectivity index (χ3n) is 3.95. The molecule has 1 aromatic carbocycles. The average Bonchev–Trinajstić information content (AvgIpc) is 2.90. The maximum atomic E-state index is 12.3. The summed E-state index contributed by atoms with van der Waals surface area (Å²) in [5, 5.41) is 14.3. The van der Waals surface area contributed by atoms with E-state index in [1.165, 1.54) is 0 Å². The number of amides is 1. The summed E-state index contributed by atoms with van der Waals surface area (Å²) in [6.07, 6.45) is 4.06. The molecule has 0 spiro atoms. The number of hydrogen-bond acceptors (Lipinski definition) is 3. The van der Waals surface area contributed by atoms with Gasteiger partial charge < -0.3 is 10.4 Å². The summed E-state index contributed by atoms with van der Waals surface area (Å²) >= 11 is 0. The molecule has 1 aliphatic carbocycles. The van der Waals surface area contributed by atoms with Crippen LogP contribution in [0.5, 0.6) is 0 Å². The predicted molar refractivity (Wildman–Crippen MR) is 77.4 cm³/mol. The topological polar surface area (TPSA) is 62.2 Å². The minimum Gasteiger partial charge on any atom is -0.393 e. The second kappa shape index (κ2) is 5.59. The molecule has 104 valence electrons. The van der Waals surface area contributed by atoms with Gasteiger partial charge in [0.15, 0.2) is 0 Å². The Kier molecular flexibility index (Phi) is 3.65. The standard InChI is InChI=1S/C16H18N2O2/c19-13-6-5-11(9-13)10-18-16(20)15-14-4-2-1-3-12(14)7-8-17-15/h1-4,7-8,11,13,19H,5-6,9-10H2,(H,18,20). The lowest BCUT2D eigenvalue weighted by Crippen LogP contribution is -2.29. The largest absolute Gasteiger partial charge is 0.393 e. The number of benzene rings is 1. The van der Waals surface area contributed by atoms with Crippen LogP contribution in [0.2, 0.25) is 0 Å². The summed E-state index contributed by atoms with van der Waals surface area (Å²) in [5.74, 6) is 0.243. The lowest BCUT2D eigenvalue weighted by atomic mass is 10.1. The fraction of sp³-hybridized carbons (Fsp3) is 0.375. The van der Waals surface area contributed by atoms with Crippen LogP contribution in [0.4, 0.5) is 0 Å². The Morgan fingerprint density at radius 3 is 2.95 bits per heavy atom. The number of nitrogens with one attached hydrogen (secondary N) is 1. The van der Waals surface area contributed by atoms with E-state index < -0.39 is 0 Å². The second-order valence-corrected chi connectivity index (χ2v) is 5.42. The van der Waals surface area contributed by atoms with Gasteiger partial charge in [0, 0.05) is 18.1 Å². The van der Waals surface area contributed by atoms with Gasteiger partial charge in [-0.15, -0.1) is 0 Å². The first-order valence-electron chi connectivity index (χ1n) is 7.04. The maximum absolute atomic E-state index is 12.3. The molecule has 1 heterocycles. The quantitative estimate of drug-likeness (QED) is 0.898. The van der Waals surface area contributed by atoms with Crippen molar-refractivity contribution in [2.24, 2.45) is 5.92 Å². The molecule has 1 aliphatic rings. The number of pyridine rings is 1. The van der Waals surface area contributed by atoms with Gasteiger partial charge in [0.2, 0.25) is 0 Å². The zero-order chi connectivity index (χ0) is 13.9. The van der Waals surface area contributed by atoms with E-state index in [-0.39, 0.29) is 12.0 Å².